The van der Waals surface area contributed by atoms with Crippen LogP contribution in [0.5, 0.6) is 11.5 Å². The van der Waals surface area contributed by atoms with Crippen molar-refractivity contribution in [3.05, 3.63) is 81.3 Å². The van der Waals surface area contributed by atoms with Gasteiger partial charge in [-0.2, -0.15) is 0 Å². The third kappa shape index (κ3) is 7.47. The van der Waals surface area contributed by atoms with Gasteiger partial charge in [-0.1, -0.05) is 60.1 Å². The Kier molecular flexibility index (Phi) is 9.07. The Balaban J connectivity index is 1.46. The summed E-state index contributed by atoms with van der Waals surface area (Å²) in [6, 6.07) is 20.2. The second-order valence-corrected chi connectivity index (χ2v) is 9.94. The average Bonchev–Trinajstić information content (AvgIpc) is 3.68. The molecular formula is C28H30BrClN2O3. The van der Waals surface area contributed by atoms with Crippen LogP contribution in [0.25, 0.3) is 11.1 Å². The van der Waals surface area contributed by atoms with Gasteiger partial charge >= 0.3 is 0 Å². The summed E-state index contributed by atoms with van der Waals surface area (Å²) in [6.07, 6.45) is 2.43. The predicted octanol–water partition coefficient (Wildman–Crippen LogP) is 6.36. The topological polar surface area (TPSA) is 59.6 Å². The molecule has 0 aromatic heterocycles. The number of benzene rings is 3. The van der Waals surface area contributed by atoms with Crippen molar-refractivity contribution in [3.8, 4) is 22.6 Å². The van der Waals surface area contributed by atoms with Gasteiger partial charge in [-0.05, 0) is 51.9 Å². The zero-order chi connectivity index (χ0) is 24.6. The van der Waals surface area contributed by atoms with Gasteiger partial charge in [0.2, 0.25) is 5.91 Å². The SMILES string of the molecule is CC(=O)NCCNCc1cc(Cl)c(OCc2cccc(-c3ccccc3)c2Br)cc1OCC1CC1. The van der Waals surface area contributed by atoms with Crippen LogP contribution in [0.3, 0.4) is 0 Å². The lowest BCUT2D eigenvalue weighted by Crippen LogP contribution is -2.30. The molecule has 0 heterocycles. The number of halogens is 2. The molecule has 2 N–H and O–H groups in total. The lowest BCUT2D eigenvalue weighted by atomic mass is 10.0. The van der Waals surface area contributed by atoms with Gasteiger partial charge in [0.25, 0.3) is 0 Å². The molecule has 0 bridgehead atoms. The summed E-state index contributed by atoms with van der Waals surface area (Å²) in [5, 5.41) is 6.66. The third-order valence-electron chi connectivity index (χ3n) is 5.82. The molecule has 0 atom stereocenters. The van der Waals surface area contributed by atoms with Gasteiger partial charge in [0.1, 0.15) is 18.1 Å². The summed E-state index contributed by atoms with van der Waals surface area (Å²) in [6.45, 7) is 4.40. The van der Waals surface area contributed by atoms with E-state index < -0.39 is 0 Å². The van der Waals surface area contributed by atoms with Crippen molar-refractivity contribution in [1.82, 2.24) is 10.6 Å². The van der Waals surface area contributed by atoms with E-state index in [-0.39, 0.29) is 5.91 Å². The standard InChI is InChI=1S/C28H30BrClN2O3/c1-19(33)32-13-12-31-16-23-14-25(30)27(15-26(23)34-17-20-10-11-20)35-18-22-8-5-9-24(28(22)29)21-6-3-2-4-7-21/h2-9,14-15,20,31H,10-13,16-18H2,1H3,(H,32,33). The van der Waals surface area contributed by atoms with E-state index in [4.69, 9.17) is 21.1 Å². The van der Waals surface area contributed by atoms with E-state index in [1.165, 1.54) is 19.8 Å². The molecule has 1 aliphatic carbocycles. The van der Waals surface area contributed by atoms with E-state index in [1.54, 1.807) is 0 Å². The molecule has 1 aliphatic rings. The number of carbonyl (C=O) groups is 1. The van der Waals surface area contributed by atoms with Crippen molar-refractivity contribution in [2.45, 2.75) is 32.9 Å². The van der Waals surface area contributed by atoms with Crippen molar-refractivity contribution in [2.75, 3.05) is 19.7 Å². The molecule has 3 aromatic rings. The lowest BCUT2D eigenvalue weighted by Gasteiger charge is -2.17. The maximum atomic E-state index is 11.1. The van der Waals surface area contributed by atoms with Crippen LogP contribution in [0.15, 0.2) is 65.1 Å². The van der Waals surface area contributed by atoms with Gasteiger partial charge in [-0.25, -0.2) is 0 Å². The van der Waals surface area contributed by atoms with Crippen molar-refractivity contribution in [1.29, 1.82) is 0 Å². The highest BCUT2D eigenvalue weighted by Gasteiger charge is 2.23. The Morgan fingerprint density at radius 1 is 1.00 bits per heavy atom. The largest absolute Gasteiger partial charge is 0.493 e. The normalized spacial score (nSPS) is 12.9. The number of carbonyl (C=O) groups excluding carboxylic acids is 1. The Labute approximate surface area is 220 Å². The van der Waals surface area contributed by atoms with Crippen LogP contribution in [0, 0.1) is 5.92 Å². The molecule has 5 nitrogen and oxygen atoms in total. The molecule has 0 saturated heterocycles. The van der Waals surface area contributed by atoms with Crippen molar-refractivity contribution in [3.63, 3.8) is 0 Å². The first-order valence-electron chi connectivity index (χ1n) is 11.9. The van der Waals surface area contributed by atoms with Crippen LogP contribution in [-0.2, 0) is 17.9 Å². The maximum Gasteiger partial charge on any atom is 0.216 e. The maximum absolute atomic E-state index is 11.1. The van der Waals surface area contributed by atoms with Crippen LogP contribution < -0.4 is 20.1 Å². The van der Waals surface area contributed by atoms with Gasteiger partial charge in [-0.15, -0.1) is 0 Å². The molecular weight excluding hydrogens is 528 g/mol. The van der Waals surface area contributed by atoms with Crippen LogP contribution >= 0.6 is 27.5 Å². The minimum Gasteiger partial charge on any atom is -0.493 e. The number of rotatable bonds is 12. The van der Waals surface area contributed by atoms with Gasteiger partial charge < -0.3 is 20.1 Å². The quantitative estimate of drug-likeness (QED) is 0.254. The highest BCUT2D eigenvalue weighted by Crippen LogP contribution is 2.37. The average molecular weight is 558 g/mol. The summed E-state index contributed by atoms with van der Waals surface area (Å²) in [5.74, 6) is 1.97. The van der Waals surface area contributed by atoms with Crippen LogP contribution in [-0.4, -0.2) is 25.6 Å². The summed E-state index contributed by atoms with van der Waals surface area (Å²) in [4.78, 5) is 11.1. The minimum atomic E-state index is -0.0363. The van der Waals surface area contributed by atoms with E-state index >= 15 is 0 Å². The molecule has 0 aliphatic heterocycles. The number of hydrogen-bond donors (Lipinski definition) is 2. The Morgan fingerprint density at radius 3 is 2.54 bits per heavy atom. The summed E-state index contributed by atoms with van der Waals surface area (Å²) in [7, 11) is 0. The monoisotopic (exact) mass is 556 g/mol. The van der Waals surface area contributed by atoms with Crippen molar-refractivity contribution in [2.24, 2.45) is 5.92 Å². The molecule has 35 heavy (non-hydrogen) atoms. The van der Waals surface area contributed by atoms with Gasteiger partial charge in [-0.3, -0.25) is 4.79 Å². The molecule has 0 radical (unpaired) electrons. The van der Waals surface area contributed by atoms with Gasteiger partial charge in [0, 0.05) is 48.2 Å². The van der Waals surface area contributed by atoms with Gasteiger partial charge in [0.05, 0.1) is 11.6 Å². The second-order valence-electron chi connectivity index (χ2n) is 8.74. The van der Waals surface area contributed by atoms with Crippen LogP contribution in [0.4, 0.5) is 0 Å². The summed E-state index contributed by atoms with van der Waals surface area (Å²) in [5.41, 5.74) is 4.27. The van der Waals surface area contributed by atoms with E-state index in [0.717, 1.165) is 32.5 Å². The minimum absolute atomic E-state index is 0.0363. The molecule has 1 amide bonds. The second kappa shape index (κ2) is 12.4. The van der Waals surface area contributed by atoms with Crippen LogP contribution in [0.2, 0.25) is 5.02 Å². The highest BCUT2D eigenvalue weighted by molar-refractivity contribution is 9.10. The Hall–Kier alpha value is -2.54. The molecule has 1 fully saturated rings. The first kappa shape index (κ1) is 25.5. The fraction of sp³-hybridized carbons (Fsp3) is 0.321. The third-order valence-corrected chi connectivity index (χ3v) is 7.06. The van der Waals surface area contributed by atoms with Crippen molar-refractivity contribution >= 4 is 33.4 Å². The van der Waals surface area contributed by atoms with Crippen molar-refractivity contribution < 1.29 is 14.3 Å². The summed E-state index contributed by atoms with van der Waals surface area (Å²) >= 11 is 10.4. The number of hydrogen-bond acceptors (Lipinski definition) is 4. The first-order valence-corrected chi connectivity index (χ1v) is 13.0. The molecule has 184 valence electrons. The Morgan fingerprint density at radius 2 is 1.80 bits per heavy atom. The number of ether oxygens (including phenoxy) is 2. The fourth-order valence-corrected chi connectivity index (χ4v) is 4.54. The predicted molar refractivity (Wildman–Crippen MR) is 144 cm³/mol. The lowest BCUT2D eigenvalue weighted by molar-refractivity contribution is -0.118. The Bertz CT molecular complexity index is 1150. The van der Waals surface area contributed by atoms with E-state index in [1.807, 2.05) is 42.5 Å². The number of nitrogens with one attached hydrogen (secondary N) is 2. The highest BCUT2D eigenvalue weighted by atomic mass is 79.9. The molecule has 1 saturated carbocycles. The number of amides is 1. The smallest absolute Gasteiger partial charge is 0.216 e. The molecule has 4 rings (SSSR count). The van der Waals surface area contributed by atoms with E-state index in [2.05, 4.69) is 44.8 Å². The molecule has 0 unspecified atom stereocenters. The molecule has 3 aromatic carbocycles. The van der Waals surface area contributed by atoms with Crippen LogP contribution in [0.1, 0.15) is 30.9 Å². The zero-order valence-corrected chi connectivity index (χ0v) is 22.1. The zero-order valence-electron chi connectivity index (χ0n) is 19.8. The first-order chi connectivity index (χ1) is 17.0. The fourth-order valence-electron chi connectivity index (χ4n) is 3.69. The van der Waals surface area contributed by atoms with E-state index in [0.29, 0.717) is 49.5 Å². The van der Waals surface area contributed by atoms with Gasteiger partial charge in [0.15, 0.2) is 0 Å². The van der Waals surface area contributed by atoms with E-state index in [9.17, 15) is 4.79 Å². The molecule has 7 heteroatoms. The summed E-state index contributed by atoms with van der Waals surface area (Å²) < 4.78 is 13.3. The molecule has 0 spiro atoms.